The van der Waals surface area contributed by atoms with Crippen LogP contribution in [0.25, 0.3) is 10.9 Å². The van der Waals surface area contributed by atoms with E-state index < -0.39 is 9.84 Å². The van der Waals surface area contributed by atoms with Crippen molar-refractivity contribution >= 4 is 20.7 Å². The molecule has 1 heterocycles. The van der Waals surface area contributed by atoms with Gasteiger partial charge in [-0.05, 0) is 25.5 Å². The number of pyridine rings is 1. The Morgan fingerprint density at radius 3 is 2.68 bits per heavy atom. The second-order valence-electron chi connectivity index (χ2n) is 4.85. The number of aromatic nitrogens is 1. The first-order chi connectivity index (χ1) is 8.96. The smallest absolute Gasteiger partial charge is 0.156 e. The third-order valence-corrected chi connectivity index (χ3v) is 4.50. The lowest BCUT2D eigenvalue weighted by molar-refractivity contribution is 0.586. The molecule has 0 spiro atoms. The zero-order valence-electron chi connectivity index (χ0n) is 10.9. The molecule has 0 bridgehead atoms. The molecular weight excluding hydrogens is 260 g/mol. The summed E-state index contributed by atoms with van der Waals surface area (Å²) in [5, 5.41) is 1.01. The van der Waals surface area contributed by atoms with Gasteiger partial charge in [0.25, 0.3) is 0 Å². The van der Waals surface area contributed by atoms with Crippen molar-refractivity contribution in [1.82, 2.24) is 4.98 Å². The highest BCUT2D eigenvalue weighted by atomic mass is 32.2. The first kappa shape index (κ1) is 14.0. The SMILES string of the molecule is CC(N)CCS(=O)(=O)Cc1ccc2ccccc2n1. The lowest BCUT2D eigenvalue weighted by Crippen LogP contribution is -2.21. The molecule has 0 aliphatic rings. The van der Waals surface area contributed by atoms with E-state index in [1.54, 1.807) is 6.07 Å². The highest BCUT2D eigenvalue weighted by Crippen LogP contribution is 2.14. The van der Waals surface area contributed by atoms with E-state index in [1.807, 2.05) is 37.3 Å². The number of sulfone groups is 1. The molecule has 0 saturated carbocycles. The van der Waals surface area contributed by atoms with Gasteiger partial charge in [-0.15, -0.1) is 0 Å². The molecule has 5 heteroatoms. The summed E-state index contributed by atoms with van der Waals surface area (Å²) in [5.74, 6) is 0.0870. The van der Waals surface area contributed by atoms with Gasteiger partial charge in [0.1, 0.15) is 0 Å². The Bertz CT molecular complexity index is 666. The average Bonchev–Trinajstić information content (AvgIpc) is 2.36. The zero-order chi connectivity index (χ0) is 13.9. The van der Waals surface area contributed by atoms with Gasteiger partial charge >= 0.3 is 0 Å². The molecular formula is C14H18N2O2S. The molecule has 4 nitrogen and oxygen atoms in total. The maximum Gasteiger partial charge on any atom is 0.156 e. The largest absolute Gasteiger partial charge is 0.328 e. The number of fused-ring (bicyclic) bond motifs is 1. The van der Waals surface area contributed by atoms with E-state index in [0.29, 0.717) is 12.1 Å². The molecule has 0 radical (unpaired) electrons. The Kier molecular flexibility index (Phi) is 4.17. The molecule has 0 saturated heterocycles. The van der Waals surface area contributed by atoms with Gasteiger partial charge in [0.05, 0.1) is 22.7 Å². The molecule has 1 unspecified atom stereocenters. The van der Waals surface area contributed by atoms with Crippen molar-refractivity contribution in [3.63, 3.8) is 0 Å². The molecule has 0 aliphatic heterocycles. The fourth-order valence-corrected chi connectivity index (χ4v) is 3.34. The Morgan fingerprint density at radius 1 is 1.21 bits per heavy atom. The number of nitrogens with two attached hydrogens (primary N) is 1. The molecule has 0 fully saturated rings. The van der Waals surface area contributed by atoms with Crippen LogP contribution in [-0.4, -0.2) is 25.2 Å². The summed E-state index contributed by atoms with van der Waals surface area (Å²) in [4.78, 5) is 4.38. The molecule has 0 amide bonds. The first-order valence-electron chi connectivity index (χ1n) is 6.27. The number of rotatable bonds is 5. The summed E-state index contributed by atoms with van der Waals surface area (Å²) in [6, 6.07) is 11.2. The van der Waals surface area contributed by atoms with E-state index in [2.05, 4.69) is 4.98 Å². The quantitative estimate of drug-likeness (QED) is 0.906. The van der Waals surface area contributed by atoms with E-state index in [-0.39, 0.29) is 17.5 Å². The van der Waals surface area contributed by atoms with Gasteiger partial charge in [-0.3, -0.25) is 4.98 Å². The van der Waals surface area contributed by atoms with Crippen molar-refractivity contribution in [2.75, 3.05) is 5.75 Å². The molecule has 2 rings (SSSR count). The second kappa shape index (κ2) is 5.67. The molecule has 1 aromatic carbocycles. The van der Waals surface area contributed by atoms with E-state index in [9.17, 15) is 8.42 Å². The highest BCUT2D eigenvalue weighted by Gasteiger charge is 2.14. The second-order valence-corrected chi connectivity index (χ2v) is 7.04. The summed E-state index contributed by atoms with van der Waals surface area (Å²) in [5.41, 5.74) is 7.00. The fourth-order valence-electron chi connectivity index (χ4n) is 1.85. The van der Waals surface area contributed by atoms with Crippen LogP contribution in [-0.2, 0) is 15.6 Å². The number of benzene rings is 1. The van der Waals surface area contributed by atoms with Gasteiger partial charge < -0.3 is 5.73 Å². The van der Waals surface area contributed by atoms with Crippen molar-refractivity contribution in [1.29, 1.82) is 0 Å². The van der Waals surface area contributed by atoms with E-state index >= 15 is 0 Å². The zero-order valence-corrected chi connectivity index (χ0v) is 11.7. The number of para-hydroxylation sites is 1. The van der Waals surface area contributed by atoms with Gasteiger partial charge in [0.2, 0.25) is 0 Å². The lowest BCUT2D eigenvalue weighted by Gasteiger charge is -2.07. The minimum Gasteiger partial charge on any atom is -0.328 e. The van der Waals surface area contributed by atoms with Crippen LogP contribution >= 0.6 is 0 Å². The maximum absolute atomic E-state index is 11.9. The van der Waals surface area contributed by atoms with E-state index in [1.165, 1.54) is 0 Å². The van der Waals surface area contributed by atoms with Gasteiger partial charge in [-0.25, -0.2) is 8.42 Å². The van der Waals surface area contributed by atoms with Crippen molar-refractivity contribution < 1.29 is 8.42 Å². The van der Waals surface area contributed by atoms with Gasteiger partial charge in [-0.2, -0.15) is 0 Å². The minimum absolute atomic E-state index is 0.0233. The highest BCUT2D eigenvalue weighted by molar-refractivity contribution is 7.90. The van der Waals surface area contributed by atoms with Gasteiger partial charge in [0, 0.05) is 11.4 Å². The van der Waals surface area contributed by atoms with Crippen molar-refractivity contribution in [2.45, 2.75) is 25.1 Å². The summed E-state index contributed by atoms with van der Waals surface area (Å²) in [6.07, 6.45) is 0.482. The molecule has 1 atom stereocenters. The third kappa shape index (κ3) is 4.01. The molecule has 0 aliphatic carbocycles. The summed E-state index contributed by atoms with van der Waals surface area (Å²) in [7, 11) is -3.14. The summed E-state index contributed by atoms with van der Waals surface area (Å²) < 4.78 is 23.9. The Labute approximate surface area is 113 Å². The van der Waals surface area contributed by atoms with E-state index in [0.717, 1.165) is 10.9 Å². The third-order valence-electron chi connectivity index (χ3n) is 2.91. The minimum atomic E-state index is -3.14. The van der Waals surface area contributed by atoms with Crippen LogP contribution in [0.2, 0.25) is 0 Å². The molecule has 19 heavy (non-hydrogen) atoms. The van der Waals surface area contributed by atoms with E-state index in [4.69, 9.17) is 5.73 Å². The normalized spacial score (nSPS) is 13.6. The van der Waals surface area contributed by atoms with Crippen LogP contribution < -0.4 is 5.73 Å². The molecule has 2 aromatic rings. The average molecular weight is 278 g/mol. The van der Waals surface area contributed by atoms with Crippen LogP contribution in [0.3, 0.4) is 0 Å². The predicted molar refractivity (Wildman–Crippen MR) is 77.5 cm³/mol. The predicted octanol–water partition coefficient (Wildman–Crippen LogP) is 1.89. The Hall–Kier alpha value is -1.46. The van der Waals surface area contributed by atoms with Crippen LogP contribution in [0.1, 0.15) is 19.0 Å². The topological polar surface area (TPSA) is 73.1 Å². The fraction of sp³-hybridized carbons (Fsp3) is 0.357. The van der Waals surface area contributed by atoms with Crippen molar-refractivity contribution in [3.8, 4) is 0 Å². The summed E-state index contributed by atoms with van der Waals surface area (Å²) >= 11 is 0. The van der Waals surface area contributed by atoms with Crippen molar-refractivity contribution in [2.24, 2.45) is 5.73 Å². The Morgan fingerprint density at radius 2 is 1.95 bits per heavy atom. The maximum atomic E-state index is 11.9. The molecule has 2 N–H and O–H groups in total. The van der Waals surface area contributed by atoms with Gasteiger partial charge in [0.15, 0.2) is 9.84 Å². The monoisotopic (exact) mass is 278 g/mol. The lowest BCUT2D eigenvalue weighted by atomic mass is 10.2. The number of hydrogen-bond acceptors (Lipinski definition) is 4. The number of nitrogens with zero attached hydrogens (tertiary/aromatic N) is 1. The van der Waals surface area contributed by atoms with Crippen LogP contribution in [0.4, 0.5) is 0 Å². The molecule has 102 valence electrons. The van der Waals surface area contributed by atoms with Gasteiger partial charge in [-0.1, -0.05) is 24.3 Å². The Balaban J connectivity index is 2.16. The standard InChI is InChI=1S/C14H18N2O2S/c1-11(15)8-9-19(17,18)10-13-7-6-12-4-2-3-5-14(12)16-13/h2-7,11H,8-10,15H2,1H3. The summed E-state index contributed by atoms with van der Waals surface area (Å²) in [6.45, 7) is 1.81. The van der Waals surface area contributed by atoms with Crippen LogP contribution in [0.15, 0.2) is 36.4 Å². The molecule has 1 aromatic heterocycles. The van der Waals surface area contributed by atoms with Crippen LogP contribution in [0, 0.1) is 0 Å². The van der Waals surface area contributed by atoms with Crippen LogP contribution in [0.5, 0.6) is 0 Å². The first-order valence-corrected chi connectivity index (χ1v) is 8.09. The van der Waals surface area contributed by atoms with Crippen molar-refractivity contribution in [3.05, 3.63) is 42.1 Å². The number of hydrogen-bond donors (Lipinski definition) is 1.